The summed E-state index contributed by atoms with van der Waals surface area (Å²) in [6.45, 7) is 5.30. The Balaban J connectivity index is 2.40. The van der Waals surface area contributed by atoms with Crippen LogP contribution >= 0.6 is 0 Å². The van der Waals surface area contributed by atoms with Crippen molar-refractivity contribution in [2.45, 2.75) is 46.5 Å². The van der Waals surface area contributed by atoms with E-state index in [0.29, 0.717) is 12.8 Å². The van der Waals surface area contributed by atoms with Crippen molar-refractivity contribution >= 4 is 17.8 Å². The Kier molecular flexibility index (Phi) is 5.14. The first kappa shape index (κ1) is 16.5. The molecule has 0 aromatic heterocycles. The fourth-order valence-corrected chi connectivity index (χ4v) is 2.27. The number of rotatable bonds is 5. The molecule has 1 aliphatic carbocycles. The van der Waals surface area contributed by atoms with E-state index >= 15 is 0 Å². The van der Waals surface area contributed by atoms with Crippen molar-refractivity contribution in [3.05, 3.63) is 0 Å². The van der Waals surface area contributed by atoms with E-state index in [9.17, 15) is 19.5 Å². The van der Waals surface area contributed by atoms with Gasteiger partial charge in [-0.3, -0.25) is 14.4 Å². The molecule has 1 saturated carbocycles. The van der Waals surface area contributed by atoms with Crippen LogP contribution in [0.1, 0.15) is 46.5 Å². The number of carboxylic acids is 1. The van der Waals surface area contributed by atoms with Crippen molar-refractivity contribution in [1.82, 2.24) is 10.6 Å². The van der Waals surface area contributed by atoms with Crippen LogP contribution in [-0.4, -0.2) is 36.0 Å². The molecule has 20 heavy (non-hydrogen) atoms. The topological polar surface area (TPSA) is 95.5 Å². The lowest BCUT2D eigenvalue weighted by Gasteiger charge is -2.24. The summed E-state index contributed by atoms with van der Waals surface area (Å²) in [7, 11) is 0. The smallest absolute Gasteiger partial charge is 0.311 e. The number of hydrogen-bond donors (Lipinski definition) is 3. The monoisotopic (exact) mass is 284 g/mol. The van der Waals surface area contributed by atoms with E-state index in [1.807, 2.05) is 0 Å². The molecule has 0 bridgehead atoms. The first-order chi connectivity index (χ1) is 9.17. The minimum Gasteiger partial charge on any atom is -0.481 e. The van der Waals surface area contributed by atoms with E-state index in [2.05, 4.69) is 10.6 Å². The van der Waals surface area contributed by atoms with E-state index < -0.39 is 16.8 Å². The number of carbonyl (C=O) groups excluding carboxylic acids is 2. The zero-order valence-electron chi connectivity index (χ0n) is 12.4. The molecule has 0 aromatic rings. The van der Waals surface area contributed by atoms with Crippen LogP contribution in [0.2, 0.25) is 0 Å². The second-order valence-corrected chi connectivity index (χ2v) is 6.50. The van der Waals surface area contributed by atoms with Crippen LogP contribution in [0.3, 0.4) is 0 Å². The summed E-state index contributed by atoms with van der Waals surface area (Å²) in [6, 6.07) is 0. The lowest BCUT2D eigenvalue weighted by atomic mass is 9.86. The first-order valence-electron chi connectivity index (χ1n) is 6.96. The normalized spacial score (nSPS) is 17.6. The van der Waals surface area contributed by atoms with Gasteiger partial charge in [-0.1, -0.05) is 33.6 Å². The molecule has 1 fully saturated rings. The molecule has 0 spiro atoms. The molecular weight excluding hydrogens is 260 g/mol. The van der Waals surface area contributed by atoms with Gasteiger partial charge in [-0.25, -0.2) is 0 Å². The van der Waals surface area contributed by atoms with Gasteiger partial charge in [0.15, 0.2) is 0 Å². The van der Waals surface area contributed by atoms with Crippen LogP contribution in [0.25, 0.3) is 0 Å². The zero-order valence-corrected chi connectivity index (χ0v) is 12.4. The van der Waals surface area contributed by atoms with Crippen molar-refractivity contribution in [3.8, 4) is 0 Å². The van der Waals surface area contributed by atoms with Crippen molar-refractivity contribution in [2.24, 2.45) is 10.8 Å². The van der Waals surface area contributed by atoms with Crippen LogP contribution in [0, 0.1) is 10.8 Å². The quantitative estimate of drug-likeness (QED) is 0.699. The SMILES string of the molecule is CC(C)(C)C(=O)NCC(=O)NCC1(C(=O)O)CCCC1. The van der Waals surface area contributed by atoms with Gasteiger partial charge in [-0.05, 0) is 12.8 Å². The molecule has 0 atom stereocenters. The van der Waals surface area contributed by atoms with Gasteiger partial charge < -0.3 is 15.7 Å². The van der Waals surface area contributed by atoms with Crippen LogP contribution < -0.4 is 10.6 Å². The summed E-state index contributed by atoms with van der Waals surface area (Å²) < 4.78 is 0. The molecule has 0 radical (unpaired) electrons. The molecule has 6 nitrogen and oxygen atoms in total. The van der Waals surface area contributed by atoms with Crippen LogP contribution in [0.5, 0.6) is 0 Å². The Morgan fingerprint density at radius 3 is 2.10 bits per heavy atom. The highest BCUT2D eigenvalue weighted by atomic mass is 16.4. The maximum Gasteiger partial charge on any atom is 0.311 e. The molecule has 3 N–H and O–H groups in total. The number of hydrogen-bond acceptors (Lipinski definition) is 3. The third kappa shape index (κ3) is 4.21. The van der Waals surface area contributed by atoms with Gasteiger partial charge in [0.1, 0.15) is 0 Å². The van der Waals surface area contributed by atoms with Crippen LogP contribution in [-0.2, 0) is 14.4 Å². The third-order valence-corrected chi connectivity index (χ3v) is 3.73. The lowest BCUT2D eigenvalue weighted by Crippen LogP contribution is -2.46. The molecule has 114 valence electrons. The Morgan fingerprint density at radius 2 is 1.65 bits per heavy atom. The standard InChI is InChI=1S/C14H24N2O4/c1-13(2,3)11(18)15-8-10(17)16-9-14(12(19)20)6-4-5-7-14/h4-9H2,1-3H3,(H,15,18)(H,16,17)(H,19,20). The Labute approximate surface area is 119 Å². The minimum absolute atomic E-state index is 0.119. The van der Waals surface area contributed by atoms with Gasteiger partial charge in [-0.15, -0.1) is 0 Å². The second kappa shape index (κ2) is 6.24. The molecule has 0 aliphatic heterocycles. The van der Waals surface area contributed by atoms with E-state index in [1.165, 1.54) is 0 Å². The average molecular weight is 284 g/mol. The summed E-state index contributed by atoms with van der Waals surface area (Å²) in [5.41, 5.74) is -1.38. The Morgan fingerprint density at radius 1 is 1.10 bits per heavy atom. The summed E-state index contributed by atoms with van der Waals surface area (Å²) in [5.74, 6) is -1.41. The summed E-state index contributed by atoms with van der Waals surface area (Å²) in [5, 5.41) is 14.4. The second-order valence-electron chi connectivity index (χ2n) is 6.50. The lowest BCUT2D eigenvalue weighted by molar-refractivity contribution is -0.148. The molecule has 0 aromatic carbocycles. The number of amides is 2. The van der Waals surface area contributed by atoms with Crippen molar-refractivity contribution in [1.29, 1.82) is 0 Å². The summed E-state index contributed by atoms with van der Waals surface area (Å²) >= 11 is 0. The molecule has 1 rings (SSSR count). The molecule has 6 heteroatoms. The van der Waals surface area contributed by atoms with Gasteiger partial charge in [0.05, 0.1) is 12.0 Å². The molecular formula is C14H24N2O4. The van der Waals surface area contributed by atoms with Crippen molar-refractivity contribution in [2.75, 3.05) is 13.1 Å². The largest absolute Gasteiger partial charge is 0.481 e. The summed E-state index contributed by atoms with van der Waals surface area (Å²) in [4.78, 5) is 34.6. The predicted octanol–water partition coefficient (Wildman–Crippen LogP) is 0.910. The van der Waals surface area contributed by atoms with Crippen LogP contribution in [0.15, 0.2) is 0 Å². The fourth-order valence-electron chi connectivity index (χ4n) is 2.27. The minimum atomic E-state index is -0.853. The predicted molar refractivity (Wildman–Crippen MR) is 74.0 cm³/mol. The van der Waals surface area contributed by atoms with Gasteiger partial charge >= 0.3 is 5.97 Å². The third-order valence-electron chi connectivity index (χ3n) is 3.73. The number of carbonyl (C=O) groups is 3. The van der Waals surface area contributed by atoms with Gasteiger partial charge in [0, 0.05) is 12.0 Å². The maximum absolute atomic E-state index is 11.7. The molecule has 2 amide bonds. The molecule has 1 aliphatic rings. The van der Waals surface area contributed by atoms with E-state index in [-0.39, 0.29) is 24.9 Å². The molecule has 0 saturated heterocycles. The molecule has 0 heterocycles. The highest BCUT2D eigenvalue weighted by molar-refractivity contribution is 5.87. The van der Waals surface area contributed by atoms with E-state index in [4.69, 9.17) is 0 Å². The fraction of sp³-hybridized carbons (Fsp3) is 0.786. The molecule has 0 unspecified atom stereocenters. The van der Waals surface area contributed by atoms with Crippen LogP contribution in [0.4, 0.5) is 0 Å². The highest BCUT2D eigenvalue weighted by Gasteiger charge is 2.41. The van der Waals surface area contributed by atoms with Crippen molar-refractivity contribution in [3.63, 3.8) is 0 Å². The van der Waals surface area contributed by atoms with E-state index in [0.717, 1.165) is 12.8 Å². The number of aliphatic carboxylic acids is 1. The maximum atomic E-state index is 11.7. The number of nitrogens with one attached hydrogen (secondary N) is 2. The van der Waals surface area contributed by atoms with Gasteiger partial charge in [0.25, 0.3) is 0 Å². The first-order valence-corrected chi connectivity index (χ1v) is 6.96. The average Bonchev–Trinajstić information content (AvgIpc) is 2.82. The highest BCUT2D eigenvalue weighted by Crippen LogP contribution is 2.37. The van der Waals surface area contributed by atoms with Gasteiger partial charge in [0.2, 0.25) is 11.8 Å². The summed E-state index contributed by atoms with van der Waals surface area (Å²) in [6.07, 6.45) is 2.94. The number of carboxylic acid groups (broad SMARTS) is 1. The Bertz CT molecular complexity index is 392. The Hall–Kier alpha value is -1.59. The van der Waals surface area contributed by atoms with Crippen molar-refractivity contribution < 1.29 is 19.5 Å². The van der Waals surface area contributed by atoms with Gasteiger partial charge in [-0.2, -0.15) is 0 Å². The zero-order chi connectivity index (χ0) is 15.4. The van der Waals surface area contributed by atoms with E-state index in [1.54, 1.807) is 20.8 Å².